The number of benzene rings is 3. The summed E-state index contributed by atoms with van der Waals surface area (Å²) in [5, 5.41) is 11.4. The van der Waals surface area contributed by atoms with E-state index in [9.17, 15) is 14.7 Å². The number of rotatable bonds is 4. The minimum atomic E-state index is -0.795. The van der Waals surface area contributed by atoms with Crippen molar-refractivity contribution in [1.82, 2.24) is 0 Å². The van der Waals surface area contributed by atoms with Gasteiger partial charge in [0.05, 0.1) is 11.6 Å². The zero-order valence-electron chi connectivity index (χ0n) is 20.2. The highest BCUT2D eigenvalue weighted by molar-refractivity contribution is 6.51. The average molecular weight is 470 g/mol. The van der Waals surface area contributed by atoms with Crippen LogP contribution in [0.3, 0.4) is 0 Å². The minimum absolute atomic E-state index is 0.0682. The standard InChI is InChI=1S/C29H27NO5/c1-16(2)19-7-9-20(10-8-19)26-25(27(31)22-13-17(3)5-6-18(22)4)28(32)29(33)30(26)21-11-12-23-24(14-21)35-15-34-23/h5-14,16,26,31H,15H2,1-4H3/b27-25+. The summed E-state index contributed by atoms with van der Waals surface area (Å²) in [7, 11) is 0. The summed E-state index contributed by atoms with van der Waals surface area (Å²) in [5.74, 6) is -0.177. The van der Waals surface area contributed by atoms with Crippen LogP contribution in [0, 0.1) is 13.8 Å². The number of ether oxygens (including phenoxy) is 2. The van der Waals surface area contributed by atoms with Crippen molar-refractivity contribution in [3.8, 4) is 11.5 Å². The smallest absolute Gasteiger partial charge is 0.300 e. The summed E-state index contributed by atoms with van der Waals surface area (Å²) in [6.45, 7) is 8.10. The first-order valence-corrected chi connectivity index (χ1v) is 11.6. The molecule has 35 heavy (non-hydrogen) atoms. The molecule has 1 amide bonds. The molecule has 0 saturated carbocycles. The molecule has 3 aromatic carbocycles. The Balaban J connectivity index is 1.72. The van der Waals surface area contributed by atoms with Gasteiger partial charge in [0.1, 0.15) is 5.76 Å². The first-order valence-electron chi connectivity index (χ1n) is 11.6. The lowest BCUT2D eigenvalue weighted by Gasteiger charge is -2.26. The Morgan fingerprint density at radius 2 is 1.66 bits per heavy atom. The monoisotopic (exact) mass is 469 g/mol. The zero-order chi connectivity index (χ0) is 24.9. The Morgan fingerprint density at radius 1 is 0.943 bits per heavy atom. The first-order chi connectivity index (χ1) is 16.8. The third-order valence-electron chi connectivity index (χ3n) is 6.65. The van der Waals surface area contributed by atoms with Gasteiger partial charge in [-0.2, -0.15) is 0 Å². The molecular formula is C29H27NO5. The minimum Gasteiger partial charge on any atom is -0.507 e. The largest absolute Gasteiger partial charge is 0.507 e. The zero-order valence-corrected chi connectivity index (χ0v) is 20.2. The highest BCUT2D eigenvalue weighted by atomic mass is 16.7. The molecule has 0 spiro atoms. The van der Waals surface area contributed by atoms with E-state index in [0.29, 0.717) is 28.7 Å². The molecule has 0 bridgehead atoms. The van der Waals surface area contributed by atoms with Crippen LogP contribution in [0.1, 0.15) is 53.6 Å². The molecule has 6 nitrogen and oxygen atoms in total. The van der Waals surface area contributed by atoms with Crippen molar-refractivity contribution in [2.75, 3.05) is 11.7 Å². The number of amides is 1. The number of Topliss-reactive ketones (excluding diaryl/α,β-unsaturated/α-hetero) is 1. The summed E-state index contributed by atoms with van der Waals surface area (Å²) in [6.07, 6.45) is 0. The molecule has 0 aromatic heterocycles. The van der Waals surface area contributed by atoms with Crippen molar-refractivity contribution < 1.29 is 24.2 Å². The first kappa shape index (κ1) is 22.7. The maximum atomic E-state index is 13.4. The maximum absolute atomic E-state index is 13.4. The number of anilines is 1. The number of hydrogen-bond donors (Lipinski definition) is 1. The lowest BCUT2D eigenvalue weighted by atomic mass is 9.92. The predicted octanol–water partition coefficient (Wildman–Crippen LogP) is 5.78. The Hall–Kier alpha value is -4.06. The predicted molar refractivity (Wildman–Crippen MR) is 134 cm³/mol. The van der Waals surface area contributed by atoms with E-state index in [1.165, 1.54) is 4.90 Å². The fourth-order valence-corrected chi connectivity index (χ4v) is 4.65. The quantitative estimate of drug-likeness (QED) is 0.298. The number of aryl methyl sites for hydroxylation is 2. The number of nitrogens with zero attached hydrogens (tertiary/aromatic N) is 1. The van der Waals surface area contributed by atoms with Crippen LogP contribution in [0.4, 0.5) is 5.69 Å². The van der Waals surface area contributed by atoms with Crippen LogP contribution in [0.5, 0.6) is 11.5 Å². The molecule has 1 atom stereocenters. The van der Waals surface area contributed by atoms with Crippen LogP contribution >= 0.6 is 0 Å². The Bertz CT molecular complexity index is 1370. The highest BCUT2D eigenvalue weighted by Crippen LogP contribution is 2.45. The SMILES string of the molecule is Cc1ccc(C)c(/C(O)=C2\C(=O)C(=O)N(c3ccc4c(c3)OCO4)C2c2ccc(C(C)C)cc2)c1. The fraction of sp³-hybridized carbons (Fsp3) is 0.241. The van der Waals surface area contributed by atoms with Gasteiger partial charge in [-0.3, -0.25) is 14.5 Å². The number of aliphatic hydroxyl groups is 1. The molecule has 1 fully saturated rings. The van der Waals surface area contributed by atoms with Crippen molar-refractivity contribution in [2.24, 2.45) is 0 Å². The van der Waals surface area contributed by atoms with Crippen molar-refractivity contribution in [3.63, 3.8) is 0 Å². The van der Waals surface area contributed by atoms with E-state index in [1.54, 1.807) is 18.2 Å². The Labute approximate surface area is 204 Å². The number of hydrogen-bond acceptors (Lipinski definition) is 5. The van der Waals surface area contributed by atoms with E-state index in [0.717, 1.165) is 22.3 Å². The molecule has 2 aliphatic rings. The van der Waals surface area contributed by atoms with Crippen LogP contribution in [0.15, 0.2) is 66.2 Å². The fourth-order valence-electron chi connectivity index (χ4n) is 4.65. The molecule has 0 radical (unpaired) electrons. The number of ketones is 1. The van der Waals surface area contributed by atoms with Gasteiger partial charge in [-0.25, -0.2) is 0 Å². The van der Waals surface area contributed by atoms with Crippen LogP contribution in [-0.4, -0.2) is 23.6 Å². The molecular weight excluding hydrogens is 442 g/mol. The van der Waals surface area contributed by atoms with Crippen molar-refractivity contribution in [1.29, 1.82) is 0 Å². The second kappa shape index (κ2) is 8.62. The lowest BCUT2D eigenvalue weighted by Crippen LogP contribution is -2.29. The number of carbonyl (C=O) groups is 2. The molecule has 2 aliphatic heterocycles. The maximum Gasteiger partial charge on any atom is 0.300 e. The van der Waals surface area contributed by atoms with Crippen LogP contribution in [0.2, 0.25) is 0 Å². The van der Waals surface area contributed by atoms with Gasteiger partial charge in [0.15, 0.2) is 11.5 Å². The van der Waals surface area contributed by atoms with Crippen LogP contribution in [0.25, 0.3) is 5.76 Å². The van der Waals surface area contributed by atoms with E-state index in [1.807, 2.05) is 56.3 Å². The lowest BCUT2D eigenvalue weighted by molar-refractivity contribution is -0.132. The number of aliphatic hydroxyl groups excluding tert-OH is 1. The van der Waals surface area contributed by atoms with E-state index < -0.39 is 17.7 Å². The van der Waals surface area contributed by atoms with Crippen LogP contribution < -0.4 is 14.4 Å². The molecule has 5 rings (SSSR count). The van der Waals surface area contributed by atoms with E-state index in [4.69, 9.17) is 9.47 Å². The molecule has 0 aliphatic carbocycles. The Kier molecular flexibility index (Phi) is 5.59. The second-order valence-corrected chi connectivity index (χ2v) is 9.35. The second-order valence-electron chi connectivity index (χ2n) is 9.35. The normalized spacial score (nSPS) is 18.5. The molecule has 1 unspecified atom stereocenters. The van der Waals surface area contributed by atoms with E-state index >= 15 is 0 Å². The van der Waals surface area contributed by atoms with Gasteiger partial charge < -0.3 is 14.6 Å². The Morgan fingerprint density at radius 3 is 2.37 bits per heavy atom. The molecule has 178 valence electrons. The summed E-state index contributed by atoms with van der Waals surface area (Å²) < 4.78 is 10.9. The molecule has 1 N–H and O–H groups in total. The van der Waals surface area contributed by atoms with Gasteiger partial charge in [0.25, 0.3) is 11.7 Å². The van der Waals surface area contributed by atoms with Gasteiger partial charge in [0, 0.05) is 17.3 Å². The molecule has 3 aromatic rings. The summed E-state index contributed by atoms with van der Waals surface area (Å²) >= 11 is 0. The van der Waals surface area contributed by atoms with E-state index in [2.05, 4.69) is 13.8 Å². The number of carbonyl (C=O) groups excluding carboxylic acids is 2. The van der Waals surface area contributed by atoms with Gasteiger partial charge in [-0.1, -0.05) is 55.8 Å². The summed E-state index contributed by atoms with van der Waals surface area (Å²) in [6, 6.07) is 17.9. The van der Waals surface area contributed by atoms with Gasteiger partial charge >= 0.3 is 0 Å². The summed E-state index contributed by atoms with van der Waals surface area (Å²) in [5.41, 5.74) is 4.74. The molecule has 1 saturated heterocycles. The summed E-state index contributed by atoms with van der Waals surface area (Å²) in [4.78, 5) is 28.3. The third kappa shape index (κ3) is 3.85. The topological polar surface area (TPSA) is 76.1 Å². The third-order valence-corrected chi connectivity index (χ3v) is 6.65. The van der Waals surface area contributed by atoms with E-state index in [-0.39, 0.29) is 18.1 Å². The van der Waals surface area contributed by atoms with Crippen molar-refractivity contribution >= 4 is 23.1 Å². The average Bonchev–Trinajstić information content (AvgIpc) is 3.42. The number of fused-ring (bicyclic) bond motifs is 1. The molecule has 2 heterocycles. The van der Waals surface area contributed by atoms with Gasteiger partial charge in [-0.15, -0.1) is 0 Å². The van der Waals surface area contributed by atoms with Crippen LogP contribution in [-0.2, 0) is 9.59 Å². The molecule has 6 heteroatoms. The van der Waals surface area contributed by atoms with Crippen molar-refractivity contribution in [3.05, 3.63) is 94.1 Å². The highest BCUT2D eigenvalue weighted by Gasteiger charge is 2.47. The van der Waals surface area contributed by atoms with Gasteiger partial charge in [-0.05, 0) is 54.7 Å². The van der Waals surface area contributed by atoms with Crippen molar-refractivity contribution in [2.45, 2.75) is 39.7 Å². The van der Waals surface area contributed by atoms with Gasteiger partial charge in [0.2, 0.25) is 6.79 Å².